The van der Waals surface area contributed by atoms with E-state index in [4.69, 9.17) is 0 Å². The van der Waals surface area contributed by atoms with Gasteiger partial charge in [-0.2, -0.15) is 5.10 Å². The maximum atomic E-state index is 12.3. The van der Waals surface area contributed by atoms with Gasteiger partial charge in [0, 0.05) is 31.8 Å². The summed E-state index contributed by atoms with van der Waals surface area (Å²) in [6.07, 6.45) is 10.9. The van der Waals surface area contributed by atoms with Gasteiger partial charge in [-0.15, -0.1) is 0 Å². The van der Waals surface area contributed by atoms with Crippen molar-refractivity contribution in [2.24, 2.45) is 5.92 Å². The molecule has 1 aliphatic carbocycles. The van der Waals surface area contributed by atoms with E-state index < -0.39 is 0 Å². The van der Waals surface area contributed by atoms with Gasteiger partial charge in [-0.1, -0.05) is 43.9 Å². The molecule has 4 heteroatoms. The molecule has 0 radical (unpaired) electrons. The third-order valence-electron chi connectivity index (χ3n) is 4.74. The van der Waals surface area contributed by atoms with Crippen LogP contribution in [0, 0.1) is 5.92 Å². The highest BCUT2D eigenvalue weighted by atomic mass is 16.2. The average molecular weight is 311 g/mol. The molecule has 0 unspecified atom stereocenters. The highest BCUT2D eigenvalue weighted by Gasteiger charge is 2.18. The third kappa shape index (κ3) is 4.21. The van der Waals surface area contributed by atoms with Crippen LogP contribution in [-0.2, 0) is 11.3 Å². The Balaban J connectivity index is 1.52. The number of benzene rings is 1. The summed E-state index contributed by atoms with van der Waals surface area (Å²) in [6.45, 7) is 0.621. The fraction of sp³-hybridized carbons (Fsp3) is 0.474. The minimum absolute atomic E-state index is 0.240. The van der Waals surface area contributed by atoms with E-state index >= 15 is 0 Å². The number of rotatable bonds is 6. The van der Waals surface area contributed by atoms with Crippen LogP contribution >= 0.6 is 0 Å². The highest BCUT2D eigenvalue weighted by molar-refractivity contribution is 5.75. The fourth-order valence-electron chi connectivity index (χ4n) is 3.34. The molecule has 0 N–H and O–H groups in total. The Bertz CT molecular complexity index is 629. The summed E-state index contributed by atoms with van der Waals surface area (Å²) in [4.78, 5) is 14.1. The zero-order chi connectivity index (χ0) is 16.1. The van der Waals surface area contributed by atoms with Crippen LogP contribution in [-0.4, -0.2) is 27.6 Å². The number of hydrogen-bond donors (Lipinski definition) is 0. The van der Waals surface area contributed by atoms with Crippen molar-refractivity contribution in [3.63, 3.8) is 0 Å². The van der Waals surface area contributed by atoms with Crippen LogP contribution in [0.2, 0.25) is 0 Å². The Morgan fingerprint density at radius 1 is 1.26 bits per heavy atom. The lowest BCUT2D eigenvalue weighted by Crippen LogP contribution is -2.26. The second kappa shape index (κ2) is 7.44. The van der Waals surface area contributed by atoms with Crippen LogP contribution in [0.15, 0.2) is 42.7 Å². The lowest BCUT2D eigenvalue weighted by Gasteiger charge is -2.17. The molecule has 1 fully saturated rings. The molecule has 4 nitrogen and oxygen atoms in total. The highest BCUT2D eigenvalue weighted by Crippen LogP contribution is 2.28. The third-order valence-corrected chi connectivity index (χ3v) is 4.74. The molecule has 0 saturated heterocycles. The Morgan fingerprint density at radius 3 is 2.74 bits per heavy atom. The van der Waals surface area contributed by atoms with E-state index in [1.165, 1.54) is 25.7 Å². The molecule has 1 aromatic carbocycles. The van der Waals surface area contributed by atoms with E-state index in [0.717, 1.165) is 23.6 Å². The molecule has 0 bridgehead atoms. The fourth-order valence-corrected chi connectivity index (χ4v) is 3.34. The molecular formula is C19H25N3O. The molecule has 1 aromatic heterocycles. The largest absolute Gasteiger partial charge is 0.341 e. The number of para-hydroxylation sites is 1. The van der Waals surface area contributed by atoms with Crippen molar-refractivity contribution in [3.8, 4) is 5.69 Å². The van der Waals surface area contributed by atoms with Gasteiger partial charge in [0.15, 0.2) is 0 Å². The molecule has 1 amide bonds. The summed E-state index contributed by atoms with van der Waals surface area (Å²) in [6, 6.07) is 10.0. The molecule has 122 valence electrons. The number of carbonyl (C=O) groups excluding carboxylic acids is 1. The van der Waals surface area contributed by atoms with Gasteiger partial charge in [0.2, 0.25) is 5.91 Å². The molecule has 0 atom stereocenters. The van der Waals surface area contributed by atoms with E-state index in [9.17, 15) is 4.79 Å². The van der Waals surface area contributed by atoms with E-state index in [1.807, 2.05) is 59.4 Å². The molecule has 1 aliphatic rings. The summed E-state index contributed by atoms with van der Waals surface area (Å²) < 4.78 is 1.85. The summed E-state index contributed by atoms with van der Waals surface area (Å²) in [7, 11) is 1.89. The van der Waals surface area contributed by atoms with Crippen molar-refractivity contribution in [2.75, 3.05) is 7.05 Å². The molecule has 3 rings (SSSR count). The second-order valence-electron chi connectivity index (χ2n) is 6.57. The smallest absolute Gasteiger partial charge is 0.222 e. The molecule has 0 spiro atoms. The molecule has 1 heterocycles. The van der Waals surface area contributed by atoms with Gasteiger partial charge in [0.25, 0.3) is 0 Å². The second-order valence-corrected chi connectivity index (χ2v) is 6.57. The molecule has 0 aliphatic heterocycles. The Hall–Kier alpha value is -2.10. The van der Waals surface area contributed by atoms with Crippen LogP contribution in [0.5, 0.6) is 0 Å². The lowest BCUT2D eigenvalue weighted by molar-refractivity contribution is -0.130. The number of carbonyl (C=O) groups is 1. The first-order chi connectivity index (χ1) is 11.2. The normalized spacial score (nSPS) is 15.0. The monoisotopic (exact) mass is 311 g/mol. The number of hydrogen-bond acceptors (Lipinski definition) is 2. The first-order valence-corrected chi connectivity index (χ1v) is 8.55. The van der Waals surface area contributed by atoms with Gasteiger partial charge in [0.05, 0.1) is 11.9 Å². The van der Waals surface area contributed by atoms with E-state index in [1.54, 1.807) is 0 Å². The van der Waals surface area contributed by atoms with E-state index in [0.29, 0.717) is 13.0 Å². The van der Waals surface area contributed by atoms with Crippen molar-refractivity contribution in [1.82, 2.24) is 14.7 Å². The maximum Gasteiger partial charge on any atom is 0.222 e. The Labute approximate surface area is 138 Å². The van der Waals surface area contributed by atoms with Crippen LogP contribution in [0.1, 0.15) is 44.1 Å². The van der Waals surface area contributed by atoms with Gasteiger partial charge in [-0.3, -0.25) is 4.79 Å². The van der Waals surface area contributed by atoms with Crippen LogP contribution < -0.4 is 0 Å². The average Bonchev–Trinajstić information content (AvgIpc) is 3.25. The standard InChI is InChI=1S/C19H25N3O/c1-21(19(23)12-11-16-7-5-6-8-16)14-17-13-20-22(15-17)18-9-3-2-4-10-18/h2-4,9-10,13,15-16H,5-8,11-12,14H2,1H3. The quantitative estimate of drug-likeness (QED) is 0.814. The molecule has 23 heavy (non-hydrogen) atoms. The lowest BCUT2D eigenvalue weighted by atomic mass is 10.0. The van der Waals surface area contributed by atoms with Gasteiger partial charge in [-0.05, 0) is 24.5 Å². The Kier molecular flexibility index (Phi) is 5.11. The van der Waals surface area contributed by atoms with E-state index in [-0.39, 0.29) is 5.91 Å². The van der Waals surface area contributed by atoms with Crippen molar-refractivity contribution in [3.05, 3.63) is 48.3 Å². The SMILES string of the molecule is CN(Cc1cnn(-c2ccccc2)c1)C(=O)CCC1CCCC1. The van der Waals surface area contributed by atoms with Crippen LogP contribution in [0.25, 0.3) is 5.69 Å². The number of aromatic nitrogens is 2. The zero-order valence-electron chi connectivity index (χ0n) is 13.8. The predicted molar refractivity (Wildman–Crippen MR) is 91.2 cm³/mol. The minimum Gasteiger partial charge on any atom is -0.341 e. The van der Waals surface area contributed by atoms with Crippen molar-refractivity contribution >= 4 is 5.91 Å². The number of nitrogens with zero attached hydrogens (tertiary/aromatic N) is 3. The van der Waals surface area contributed by atoms with Gasteiger partial charge in [-0.25, -0.2) is 4.68 Å². The van der Waals surface area contributed by atoms with Crippen LogP contribution in [0.3, 0.4) is 0 Å². The van der Waals surface area contributed by atoms with Gasteiger partial charge in [0.1, 0.15) is 0 Å². The van der Waals surface area contributed by atoms with Gasteiger partial charge >= 0.3 is 0 Å². The molecule has 2 aromatic rings. The topological polar surface area (TPSA) is 38.1 Å². The summed E-state index contributed by atoms with van der Waals surface area (Å²) in [5.74, 6) is 1.01. The van der Waals surface area contributed by atoms with Gasteiger partial charge < -0.3 is 4.90 Å². The Morgan fingerprint density at radius 2 is 2.00 bits per heavy atom. The van der Waals surface area contributed by atoms with E-state index in [2.05, 4.69) is 5.10 Å². The van der Waals surface area contributed by atoms with Crippen molar-refractivity contribution in [1.29, 1.82) is 0 Å². The summed E-state index contributed by atoms with van der Waals surface area (Å²) in [5, 5.41) is 4.39. The van der Waals surface area contributed by atoms with Crippen LogP contribution in [0.4, 0.5) is 0 Å². The molecule has 1 saturated carbocycles. The number of amides is 1. The minimum atomic E-state index is 0.240. The summed E-state index contributed by atoms with van der Waals surface area (Å²) in [5.41, 5.74) is 2.10. The van der Waals surface area contributed by atoms with Crippen molar-refractivity contribution in [2.45, 2.75) is 45.1 Å². The zero-order valence-corrected chi connectivity index (χ0v) is 13.8. The predicted octanol–water partition coefficient (Wildman–Crippen LogP) is 3.80. The maximum absolute atomic E-state index is 12.3. The summed E-state index contributed by atoms with van der Waals surface area (Å²) >= 11 is 0. The first kappa shape index (κ1) is 15.8. The first-order valence-electron chi connectivity index (χ1n) is 8.55. The van der Waals surface area contributed by atoms with Crippen molar-refractivity contribution < 1.29 is 4.79 Å². The molecular weight excluding hydrogens is 286 g/mol.